The Morgan fingerprint density at radius 3 is 2.26 bits per heavy atom. The van der Waals surface area contributed by atoms with Gasteiger partial charge in [-0.15, -0.1) is 0 Å². The average Bonchev–Trinajstić information content (AvgIpc) is 2.42. The van der Waals surface area contributed by atoms with Crippen LogP contribution in [0.15, 0.2) is 60.1 Å². The first-order chi connectivity index (χ1) is 9.23. The molecule has 0 spiro atoms. The molecule has 1 nitrogen and oxygen atoms in total. The number of aryl methyl sites for hydroxylation is 1. The van der Waals surface area contributed by atoms with Crippen LogP contribution in [0.1, 0.15) is 31.4 Å². The van der Waals surface area contributed by atoms with Crippen LogP contribution in [0.2, 0.25) is 0 Å². The molecular weight excluding hydrogens is 230 g/mol. The summed E-state index contributed by atoms with van der Waals surface area (Å²) in [6, 6.07) is 8.80. The molecule has 0 unspecified atom stereocenters. The minimum absolute atomic E-state index is 1.16. The monoisotopic (exact) mass is 255 g/mol. The molecule has 0 aliphatic carbocycles. The molecule has 1 heteroatoms. The number of hydrogen-bond donors (Lipinski definition) is 0. The summed E-state index contributed by atoms with van der Waals surface area (Å²) in [5.41, 5.74) is 3.91. The highest BCUT2D eigenvalue weighted by Crippen LogP contribution is 2.17. The van der Waals surface area contributed by atoms with E-state index in [-0.39, 0.29) is 0 Å². The van der Waals surface area contributed by atoms with Gasteiger partial charge in [-0.05, 0) is 36.8 Å². The number of hydrogen-bond acceptors (Lipinski definition) is 1. The van der Waals surface area contributed by atoms with Crippen LogP contribution in [-0.2, 0) is 6.42 Å². The van der Waals surface area contributed by atoms with Gasteiger partial charge in [-0.3, -0.25) is 0 Å². The Balaban J connectivity index is 0.000000982. The van der Waals surface area contributed by atoms with Gasteiger partial charge in [0.25, 0.3) is 0 Å². The largest absolute Gasteiger partial charge is 0.304 e. The zero-order chi connectivity index (χ0) is 14.5. The number of rotatable bonds is 5. The van der Waals surface area contributed by atoms with Crippen LogP contribution < -0.4 is 0 Å². The Kier molecular flexibility index (Phi) is 10.1. The Morgan fingerprint density at radius 2 is 1.84 bits per heavy atom. The zero-order valence-electron chi connectivity index (χ0n) is 12.4. The number of benzene rings is 1. The summed E-state index contributed by atoms with van der Waals surface area (Å²) in [5, 5.41) is 0. The van der Waals surface area contributed by atoms with E-state index in [4.69, 9.17) is 0 Å². The fourth-order valence-electron chi connectivity index (χ4n) is 1.68. The second kappa shape index (κ2) is 11.2. The minimum Gasteiger partial charge on any atom is -0.304 e. The first kappa shape index (κ1) is 17.1. The van der Waals surface area contributed by atoms with Gasteiger partial charge in [0.05, 0.1) is 0 Å². The lowest BCUT2D eigenvalue weighted by Crippen LogP contribution is -1.85. The Morgan fingerprint density at radius 1 is 1.26 bits per heavy atom. The molecule has 0 aliphatic heterocycles. The van der Waals surface area contributed by atoms with Crippen LogP contribution in [0, 0.1) is 0 Å². The van der Waals surface area contributed by atoms with Crippen LogP contribution >= 0.6 is 0 Å². The van der Waals surface area contributed by atoms with E-state index in [0.717, 1.165) is 6.42 Å². The first-order valence-corrected chi connectivity index (χ1v) is 6.63. The number of nitrogens with zero attached hydrogens (tertiary/aromatic N) is 1. The van der Waals surface area contributed by atoms with Crippen molar-refractivity contribution < 1.29 is 0 Å². The van der Waals surface area contributed by atoms with Crippen molar-refractivity contribution in [1.29, 1.82) is 0 Å². The van der Waals surface area contributed by atoms with Gasteiger partial charge >= 0.3 is 0 Å². The van der Waals surface area contributed by atoms with E-state index < -0.39 is 0 Å². The molecule has 0 heterocycles. The van der Waals surface area contributed by atoms with E-state index in [1.807, 2.05) is 6.08 Å². The van der Waals surface area contributed by atoms with Gasteiger partial charge < -0.3 is 4.99 Å². The standard InChI is InChI=1S/C16H20.C2H5N/c1-4-7-9-15(6-3)16-12-10-14(8-5-2)11-13-16;1-3-2/h4,6-7,9-13H,1,5,8H2,2-3H3;1H2,2H3/b9-7-,15-6+;. The smallest absolute Gasteiger partial charge is 0.0269 e. The predicted octanol–water partition coefficient (Wildman–Crippen LogP) is 5.10. The van der Waals surface area contributed by atoms with E-state index in [0.29, 0.717) is 0 Å². The highest BCUT2D eigenvalue weighted by atomic mass is 14.6. The molecule has 1 rings (SSSR count). The second-order valence-corrected chi connectivity index (χ2v) is 4.10. The Hall–Kier alpha value is -1.89. The quantitative estimate of drug-likeness (QED) is 0.512. The summed E-state index contributed by atoms with van der Waals surface area (Å²) < 4.78 is 0. The maximum absolute atomic E-state index is 3.69. The third-order valence-electron chi connectivity index (χ3n) is 2.55. The molecule has 0 bridgehead atoms. The average molecular weight is 255 g/mol. The number of allylic oxidation sites excluding steroid dienone is 5. The van der Waals surface area contributed by atoms with E-state index in [1.165, 1.54) is 23.1 Å². The summed E-state index contributed by atoms with van der Waals surface area (Å²) in [6.07, 6.45) is 10.3. The summed E-state index contributed by atoms with van der Waals surface area (Å²) in [4.78, 5) is 3.25. The SMILES string of the molecule is C=C/C=C\C(=C/C)c1ccc(CCC)cc1.C=NC. The molecule has 0 saturated carbocycles. The first-order valence-electron chi connectivity index (χ1n) is 6.63. The third-order valence-corrected chi connectivity index (χ3v) is 2.55. The van der Waals surface area contributed by atoms with Crippen molar-refractivity contribution in [2.45, 2.75) is 26.7 Å². The molecule has 0 saturated heterocycles. The van der Waals surface area contributed by atoms with Gasteiger partial charge in [0.15, 0.2) is 0 Å². The molecule has 1 aromatic rings. The van der Waals surface area contributed by atoms with Gasteiger partial charge in [0, 0.05) is 7.05 Å². The molecule has 102 valence electrons. The topological polar surface area (TPSA) is 12.4 Å². The maximum atomic E-state index is 3.69. The molecule has 0 aromatic heterocycles. The lowest BCUT2D eigenvalue weighted by atomic mass is 10.0. The van der Waals surface area contributed by atoms with Gasteiger partial charge in [0.2, 0.25) is 0 Å². The normalized spacial score (nSPS) is 10.8. The fourth-order valence-corrected chi connectivity index (χ4v) is 1.68. The molecule has 0 aliphatic rings. The van der Waals surface area contributed by atoms with Crippen LogP contribution in [0.4, 0.5) is 0 Å². The summed E-state index contributed by atoms with van der Waals surface area (Å²) in [7, 11) is 1.64. The molecule has 0 amide bonds. The summed E-state index contributed by atoms with van der Waals surface area (Å²) in [5.74, 6) is 0. The van der Waals surface area contributed by atoms with Crippen molar-refractivity contribution in [3.05, 3.63) is 66.3 Å². The van der Waals surface area contributed by atoms with E-state index in [1.54, 1.807) is 13.1 Å². The van der Waals surface area contributed by atoms with Gasteiger partial charge in [-0.1, -0.05) is 68.5 Å². The van der Waals surface area contributed by atoms with Crippen LogP contribution in [0.3, 0.4) is 0 Å². The van der Waals surface area contributed by atoms with Crippen molar-refractivity contribution in [1.82, 2.24) is 0 Å². The van der Waals surface area contributed by atoms with Crippen LogP contribution in [-0.4, -0.2) is 13.8 Å². The van der Waals surface area contributed by atoms with Crippen molar-refractivity contribution in [2.75, 3.05) is 7.05 Å². The van der Waals surface area contributed by atoms with Gasteiger partial charge in [-0.25, -0.2) is 0 Å². The lowest BCUT2D eigenvalue weighted by Gasteiger charge is -2.04. The Labute approximate surface area is 118 Å². The zero-order valence-corrected chi connectivity index (χ0v) is 12.4. The molecule has 0 fully saturated rings. The van der Waals surface area contributed by atoms with E-state index >= 15 is 0 Å². The van der Waals surface area contributed by atoms with Gasteiger partial charge in [0.1, 0.15) is 0 Å². The van der Waals surface area contributed by atoms with E-state index in [9.17, 15) is 0 Å². The molecule has 0 N–H and O–H groups in total. The van der Waals surface area contributed by atoms with Crippen LogP contribution in [0.5, 0.6) is 0 Å². The Bertz CT molecular complexity index is 422. The fraction of sp³-hybridized carbons (Fsp3) is 0.278. The third kappa shape index (κ3) is 7.20. The van der Waals surface area contributed by atoms with Crippen molar-refractivity contribution in [2.24, 2.45) is 4.99 Å². The molecular formula is C18H25N. The van der Waals surface area contributed by atoms with Crippen molar-refractivity contribution >= 4 is 12.3 Å². The van der Waals surface area contributed by atoms with Gasteiger partial charge in [-0.2, -0.15) is 0 Å². The molecule has 0 atom stereocenters. The second-order valence-electron chi connectivity index (χ2n) is 4.10. The van der Waals surface area contributed by atoms with Crippen molar-refractivity contribution in [3.63, 3.8) is 0 Å². The van der Waals surface area contributed by atoms with E-state index in [2.05, 4.69) is 68.6 Å². The lowest BCUT2D eigenvalue weighted by molar-refractivity contribution is 0.922. The number of aliphatic imine (C=N–C) groups is 1. The predicted molar refractivity (Wildman–Crippen MR) is 88.9 cm³/mol. The summed E-state index contributed by atoms with van der Waals surface area (Å²) in [6.45, 7) is 11.1. The minimum atomic E-state index is 1.16. The highest BCUT2D eigenvalue weighted by molar-refractivity contribution is 5.74. The molecule has 19 heavy (non-hydrogen) atoms. The maximum Gasteiger partial charge on any atom is 0.0269 e. The highest BCUT2D eigenvalue weighted by Gasteiger charge is 1.96. The summed E-state index contributed by atoms with van der Waals surface area (Å²) >= 11 is 0. The molecule has 0 radical (unpaired) electrons. The molecule has 1 aromatic carbocycles. The van der Waals surface area contributed by atoms with Crippen molar-refractivity contribution in [3.8, 4) is 0 Å². The van der Waals surface area contributed by atoms with Crippen LogP contribution in [0.25, 0.3) is 5.57 Å².